The Bertz CT molecular complexity index is 456. The largest absolute Gasteiger partial charge is 0.508 e. The molecule has 0 aromatic heterocycles. The minimum Gasteiger partial charge on any atom is -0.508 e. The topological polar surface area (TPSA) is 35.5 Å². The first-order valence-electron chi connectivity index (χ1n) is 7.30. The van der Waals surface area contributed by atoms with E-state index in [-0.39, 0.29) is 23.0 Å². The minimum absolute atomic E-state index is 0.0271. The van der Waals surface area contributed by atoms with Crippen molar-refractivity contribution in [2.24, 2.45) is 5.41 Å². The Hall–Kier alpha value is -1.13. The lowest BCUT2D eigenvalue weighted by Gasteiger charge is -2.38. The molecule has 2 N–H and O–H groups in total. The molecular weight excluding hydrogens is 255 g/mol. The van der Waals surface area contributed by atoms with Gasteiger partial charge in [-0.15, -0.1) is 0 Å². The third-order valence-corrected chi connectivity index (χ3v) is 4.48. The van der Waals surface area contributed by atoms with Crippen LogP contribution in [-0.4, -0.2) is 36.7 Å². The van der Waals surface area contributed by atoms with Gasteiger partial charge in [0.25, 0.3) is 0 Å². The average molecular weight is 280 g/mol. The van der Waals surface area contributed by atoms with E-state index in [1.807, 2.05) is 6.92 Å². The number of aromatic hydroxyl groups is 1. The van der Waals surface area contributed by atoms with Crippen LogP contribution in [0.1, 0.15) is 38.3 Å². The lowest BCUT2D eigenvalue weighted by molar-refractivity contribution is 0.134. The SMILES string of the molecule is CC(NCC1(C)CCN(C)CC1)c1ccc(O)cc1F. The fraction of sp³-hybridized carbons (Fsp3) is 0.625. The summed E-state index contributed by atoms with van der Waals surface area (Å²) in [5, 5.41) is 12.7. The van der Waals surface area contributed by atoms with Crippen LogP contribution in [0, 0.1) is 11.2 Å². The number of piperidine rings is 1. The maximum atomic E-state index is 13.8. The summed E-state index contributed by atoms with van der Waals surface area (Å²) in [4.78, 5) is 2.35. The molecule has 0 aliphatic carbocycles. The first-order chi connectivity index (χ1) is 9.39. The maximum absolute atomic E-state index is 13.8. The predicted molar refractivity (Wildman–Crippen MR) is 79.3 cm³/mol. The quantitative estimate of drug-likeness (QED) is 0.890. The van der Waals surface area contributed by atoms with E-state index in [1.54, 1.807) is 6.07 Å². The highest BCUT2D eigenvalue weighted by molar-refractivity contribution is 5.29. The van der Waals surface area contributed by atoms with Crippen LogP contribution in [0.15, 0.2) is 18.2 Å². The molecule has 1 atom stereocenters. The monoisotopic (exact) mass is 280 g/mol. The molecule has 1 aliphatic rings. The number of nitrogens with one attached hydrogen (secondary N) is 1. The number of rotatable bonds is 4. The minimum atomic E-state index is -0.349. The van der Waals surface area contributed by atoms with Gasteiger partial charge in [0.2, 0.25) is 0 Å². The van der Waals surface area contributed by atoms with Crippen LogP contribution in [-0.2, 0) is 0 Å². The van der Waals surface area contributed by atoms with E-state index >= 15 is 0 Å². The van der Waals surface area contributed by atoms with Gasteiger partial charge in [0.05, 0.1) is 0 Å². The van der Waals surface area contributed by atoms with Crippen LogP contribution in [0.4, 0.5) is 4.39 Å². The van der Waals surface area contributed by atoms with E-state index in [1.165, 1.54) is 25.0 Å². The Morgan fingerprint density at radius 1 is 1.40 bits per heavy atom. The summed E-state index contributed by atoms with van der Waals surface area (Å²) < 4.78 is 13.8. The Morgan fingerprint density at radius 3 is 2.65 bits per heavy atom. The molecule has 0 saturated carbocycles. The van der Waals surface area contributed by atoms with E-state index < -0.39 is 0 Å². The second kappa shape index (κ2) is 6.10. The van der Waals surface area contributed by atoms with Gasteiger partial charge in [-0.2, -0.15) is 0 Å². The predicted octanol–water partition coefficient (Wildman–Crippen LogP) is 2.91. The molecule has 1 aliphatic heterocycles. The van der Waals surface area contributed by atoms with Crippen molar-refractivity contribution in [2.45, 2.75) is 32.7 Å². The van der Waals surface area contributed by atoms with E-state index in [0.29, 0.717) is 5.56 Å². The number of hydrogen-bond acceptors (Lipinski definition) is 3. The van der Waals surface area contributed by atoms with Gasteiger partial charge in [-0.1, -0.05) is 13.0 Å². The van der Waals surface area contributed by atoms with Crippen LogP contribution in [0.5, 0.6) is 5.75 Å². The maximum Gasteiger partial charge on any atom is 0.131 e. The summed E-state index contributed by atoms with van der Waals surface area (Å²) >= 11 is 0. The third-order valence-electron chi connectivity index (χ3n) is 4.48. The second-order valence-electron chi connectivity index (χ2n) is 6.42. The Morgan fingerprint density at radius 2 is 2.05 bits per heavy atom. The lowest BCUT2D eigenvalue weighted by Crippen LogP contribution is -2.42. The van der Waals surface area contributed by atoms with E-state index in [9.17, 15) is 9.50 Å². The second-order valence-corrected chi connectivity index (χ2v) is 6.42. The van der Waals surface area contributed by atoms with E-state index in [0.717, 1.165) is 19.6 Å². The number of benzene rings is 1. The fourth-order valence-electron chi connectivity index (χ4n) is 2.71. The summed E-state index contributed by atoms with van der Waals surface area (Å²) in [6.45, 7) is 7.41. The first kappa shape index (κ1) is 15.3. The molecule has 4 heteroatoms. The summed E-state index contributed by atoms with van der Waals surface area (Å²) in [6, 6.07) is 4.31. The molecule has 112 valence electrons. The van der Waals surface area contributed by atoms with Crippen molar-refractivity contribution >= 4 is 0 Å². The van der Waals surface area contributed by atoms with E-state index in [2.05, 4.69) is 24.2 Å². The molecule has 1 aromatic rings. The highest BCUT2D eigenvalue weighted by atomic mass is 19.1. The molecule has 0 radical (unpaired) electrons. The van der Waals surface area contributed by atoms with Gasteiger partial charge in [-0.05, 0) is 51.4 Å². The van der Waals surface area contributed by atoms with Crippen LogP contribution in [0.25, 0.3) is 0 Å². The smallest absolute Gasteiger partial charge is 0.131 e. The number of hydrogen-bond donors (Lipinski definition) is 2. The average Bonchev–Trinajstić information content (AvgIpc) is 2.40. The van der Waals surface area contributed by atoms with Gasteiger partial charge in [0.15, 0.2) is 0 Å². The molecule has 1 fully saturated rings. The summed E-state index contributed by atoms with van der Waals surface area (Å²) in [6.07, 6.45) is 2.34. The standard InChI is InChI=1S/C16H25FN2O/c1-12(14-5-4-13(20)10-15(14)17)18-11-16(2)6-8-19(3)9-7-16/h4-5,10,12,18,20H,6-9,11H2,1-3H3. The van der Waals surface area contributed by atoms with Crippen molar-refractivity contribution in [1.29, 1.82) is 0 Å². The van der Waals surface area contributed by atoms with Crippen molar-refractivity contribution in [3.8, 4) is 5.75 Å². The molecule has 2 rings (SSSR count). The zero-order valence-corrected chi connectivity index (χ0v) is 12.6. The van der Waals surface area contributed by atoms with Crippen molar-refractivity contribution in [2.75, 3.05) is 26.7 Å². The fourth-order valence-corrected chi connectivity index (χ4v) is 2.71. The molecule has 0 bridgehead atoms. The molecule has 3 nitrogen and oxygen atoms in total. The first-order valence-corrected chi connectivity index (χ1v) is 7.30. The molecule has 20 heavy (non-hydrogen) atoms. The molecule has 1 saturated heterocycles. The summed E-state index contributed by atoms with van der Waals surface area (Å²) in [7, 11) is 2.15. The Kier molecular flexibility index (Phi) is 4.66. The molecule has 0 amide bonds. The Labute approximate surface area is 120 Å². The lowest BCUT2D eigenvalue weighted by atomic mass is 9.80. The van der Waals surface area contributed by atoms with Gasteiger partial charge in [-0.3, -0.25) is 0 Å². The molecule has 0 spiro atoms. The van der Waals surface area contributed by atoms with Crippen LogP contribution < -0.4 is 5.32 Å². The van der Waals surface area contributed by atoms with Crippen molar-refractivity contribution in [3.63, 3.8) is 0 Å². The summed E-state index contributed by atoms with van der Waals surface area (Å²) in [5.74, 6) is -0.376. The number of phenolic OH excluding ortho intramolecular Hbond substituents is 1. The van der Waals surface area contributed by atoms with Crippen LogP contribution >= 0.6 is 0 Å². The number of nitrogens with zero attached hydrogens (tertiary/aromatic N) is 1. The summed E-state index contributed by atoms with van der Waals surface area (Å²) in [5.41, 5.74) is 0.896. The zero-order chi connectivity index (χ0) is 14.8. The highest BCUT2D eigenvalue weighted by Gasteiger charge is 2.29. The molecule has 1 aromatic carbocycles. The number of likely N-dealkylation sites (tertiary alicyclic amines) is 1. The van der Waals surface area contributed by atoms with Crippen LogP contribution in [0.2, 0.25) is 0 Å². The van der Waals surface area contributed by atoms with Crippen LogP contribution in [0.3, 0.4) is 0 Å². The van der Waals surface area contributed by atoms with Crippen molar-refractivity contribution in [1.82, 2.24) is 10.2 Å². The molecule has 1 heterocycles. The van der Waals surface area contributed by atoms with E-state index in [4.69, 9.17) is 0 Å². The van der Waals surface area contributed by atoms with Gasteiger partial charge >= 0.3 is 0 Å². The molecular formula is C16H25FN2O. The van der Waals surface area contributed by atoms with Crippen molar-refractivity contribution in [3.05, 3.63) is 29.6 Å². The van der Waals surface area contributed by atoms with Gasteiger partial charge < -0.3 is 15.3 Å². The van der Waals surface area contributed by atoms with Gasteiger partial charge in [0, 0.05) is 24.2 Å². The normalized spacial score (nSPS) is 20.8. The van der Waals surface area contributed by atoms with Gasteiger partial charge in [-0.25, -0.2) is 4.39 Å². The number of halogens is 1. The molecule has 1 unspecified atom stereocenters. The Balaban J connectivity index is 1.93. The third kappa shape index (κ3) is 3.70. The van der Waals surface area contributed by atoms with Gasteiger partial charge in [0.1, 0.15) is 11.6 Å². The zero-order valence-electron chi connectivity index (χ0n) is 12.6. The number of phenols is 1. The highest BCUT2D eigenvalue weighted by Crippen LogP contribution is 2.30. The van der Waals surface area contributed by atoms with Crippen molar-refractivity contribution < 1.29 is 9.50 Å².